The first-order valence-electron chi connectivity index (χ1n) is 8.69. The van der Waals surface area contributed by atoms with Crippen molar-refractivity contribution in [3.63, 3.8) is 0 Å². The molecule has 0 radical (unpaired) electrons. The molecule has 1 atom stereocenters. The molecule has 0 saturated heterocycles. The van der Waals surface area contributed by atoms with Crippen LogP contribution in [0.3, 0.4) is 0 Å². The Morgan fingerprint density at radius 2 is 2.16 bits per heavy atom. The Bertz CT molecular complexity index is 763. The summed E-state index contributed by atoms with van der Waals surface area (Å²) in [6.07, 6.45) is 1.72. The minimum atomic E-state index is -0.0278. The van der Waals surface area contributed by atoms with Crippen molar-refractivity contribution in [2.75, 3.05) is 18.9 Å². The van der Waals surface area contributed by atoms with E-state index in [-0.39, 0.29) is 12.5 Å². The van der Waals surface area contributed by atoms with Gasteiger partial charge in [0.15, 0.2) is 6.61 Å². The van der Waals surface area contributed by atoms with E-state index in [1.165, 1.54) is 0 Å². The van der Waals surface area contributed by atoms with Gasteiger partial charge < -0.3 is 15.4 Å². The smallest absolute Gasteiger partial charge is 0.260 e. The number of fused-ring (bicyclic) bond motifs is 1. The number of anilines is 1. The molecule has 2 aromatic rings. The van der Waals surface area contributed by atoms with Crippen LogP contribution in [-0.2, 0) is 17.8 Å². The predicted molar refractivity (Wildman–Crippen MR) is 96.2 cm³/mol. The van der Waals surface area contributed by atoms with Crippen LogP contribution in [0, 0.1) is 0 Å². The molecule has 132 valence electrons. The van der Waals surface area contributed by atoms with E-state index >= 15 is 0 Å². The van der Waals surface area contributed by atoms with Crippen molar-refractivity contribution in [1.29, 1.82) is 0 Å². The summed E-state index contributed by atoms with van der Waals surface area (Å²) >= 11 is 0. The highest BCUT2D eigenvalue weighted by molar-refractivity contribution is 5.78. The number of nitrogens with zero attached hydrogens (tertiary/aromatic N) is 3. The summed E-state index contributed by atoms with van der Waals surface area (Å²) in [6, 6.07) is 9.72. The van der Waals surface area contributed by atoms with Crippen LogP contribution in [0.5, 0.6) is 5.75 Å². The fourth-order valence-electron chi connectivity index (χ4n) is 3.03. The Morgan fingerprint density at radius 3 is 2.96 bits per heavy atom. The van der Waals surface area contributed by atoms with Crippen molar-refractivity contribution in [2.24, 2.45) is 0 Å². The first-order chi connectivity index (χ1) is 12.1. The summed E-state index contributed by atoms with van der Waals surface area (Å²) in [7, 11) is 0. The number of hydrogen-bond acceptors (Lipinski definition) is 5. The Morgan fingerprint density at radius 1 is 1.36 bits per heavy atom. The molecule has 6 nitrogen and oxygen atoms in total. The summed E-state index contributed by atoms with van der Waals surface area (Å²) in [5.41, 5.74) is 8.72. The summed E-state index contributed by atoms with van der Waals surface area (Å²) < 4.78 is 5.84. The number of aromatic nitrogens is 2. The number of amides is 1. The quantitative estimate of drug-likeness (QED) is 0.904. The van der Waals surface area contributed by atoms with Crippen LogP contribution >= 0.6 is 0 Å². The van der Waals surface area contributed by atoms with Crippen LogP contribution < -0.4 is 10.5 Å². The van der Waals surface area contributed by atoms with Crippen LogP contribution in [0.1, 0.15) is 43.0 Å². The molecular formula is C19H24N4O2. The zero-order valence-electron chi connectivity index (χ0n) is 14.7. The molecule has 25 heavy (non-hydrogen) atoms. The molecule has 0 fully saturated rings. The topological polar surface area (TPSA) is 81.3 Å². The standard InChI is InChI=1S/C19H24N4O2/c1-3-13(2)15-6-4-5-7-17(15)25-12-19(24)23-9-8-16-14(11-23)10-18(20)22-21-16/h4-7,10,13H,3,8-9,11-12H2,1-2H3,(H2,20,22)/t13-/m1/s1. The number of carbonyl (C=O) groups is 1. The molecule has 1 aliphatic heterocycles. The fourth-order valence-corrected chi connectivity index (χ4v) is 3.03. The SMILES string of the molecule is CC[C@@H](C)c1ccccc1OCC(=O)N1CCc2nnc(N)cc2C1. The minimum absolute atomic E-state index is 0.0278. The van der Waals surface area contributed by atoms with Crippen LogP contribution in [0.25, 0.3) is 0 Å². The lowest BCUT2D eigenvalue weighted by Gasteiger charge is -2.28. The molecule has 0 aliphatic carbocycles. The van der Waals surface area contributed by atoms with Crippen LogP contribution in [-0.4, -0.2) is 34.2 Å². The average Bonchev–Trinajstić information content (AvgIpc) is 2.65. The molecule has 2 heterocycles. The second-order valence-corrected chi connectivity index (χ2v) is 6.44. The van der Waals surface area contributed by atoms with Crippen molar-refractivity contribution in [3.05, 3.63) is 47.2 Å². The van der Waals surface area contributed by atoms with Crippen LogP contribution in [0.2, 0.25) is 0 Å². The summed E-state index contributed by atoms with van der Waals surface area (Å²) in [6.45, 7) is 5.48. The highest BCUT2D eigenvalue weighted by atomic mass is 16.5. The van der Waals surface area contributed by atoms with Crippen molar-refractivity contribution in [3.8, 4) is 5.75 Å². The maximum atomic E-state index is 12.6. The molecule has 1 aromatic carbocycles. The van der Waals surface area contributed by atoms with Gasteiger partial charge in [0.2, 0.25) is 0 Å². The maximum absolute atomic E-state index is 12.6. The second kappa shape index (κ2) is 7.51. The molecule has 6 heteroatoms. The monoisotopic (exact) mass is 340 g/mol. The lowest BCUT2D eigenvalue weighted by Crippen LogP contribution is -2.39. The Balaban J connectivity index is 1.64. The minimum Gasteiger partial charge on any atom is -0.483 e. The average molecular weight is 340 g/mol. The van der Waals surface area contributed by atoms with Gasteiger partial charge in [-0.3, -0.25) is 4.79 Å². The zero-order chi connectivity index (χ0) is 17.8. The van der Waals surface area contributed by atoms with E-state index in [2.05, 4.69) is 30.1 Å². The van der Waals surface area contributed by atoms with Gasteiger partial charge in [0.1, 0.15) is 11.6 Å². The summed E-state index contributed by atoms with van der Waals surface area (Å²) in [4.78, 5) is 14.3. The molecule has 2 N–H and O–H groups in total. The first kappa shape index (κ1) is 17.2. The van der Waals surface area contributed by atoms with Gasteiger partial charge in [-0.15, -0.1) is 5.10 Å². The number of benzene rings is 1. The molecule has 0 saturated carbocycles. The number of hydrogen-bond donors (Lipinski definition) is 1. The third kappa shape index (κ3) is 3.90. The highest BCUT2D eigenvalue weighted by Gasteiger charge is 2.23. The number of ether oxygens (including phenoxy) is 1. The van der Waals surface area contributed by atoms with Gasteiger partial charge in [-0.2, -0.15) is 5.10 Å². The van der Waals surface area contributed by atoms with Crippen molar-refractivity contribution in [1.82, 2.24) is 15.1 Å². The highest BCUT2D eigenvalue weighted by Crippen LogP contribution is 2.28. The van der Waals surface area contributed by atoms with E-state index in [4.69, 9.17) is 10.5 Å². The molecule has 1 aromatic heterocycles. The molecule has 0 unspecified atom stereocenters. The van der Waals surface area contributed by atoms with Gasteiger partial charge in [0.05, 0.1) is 5.69 Å². The van der Waals surface area contributed by atoms with Gasteiger partial charge in [0, 0.05) is 19.5 Å². The Kier molecular flexibility index (Phi) is 5.16. The van der Waals surface area contributed by atoms with Gasteiger partial charge in [-0.25, -0.2) is 0 Å². The van der Waals surface area contributed by atoms with Gasteiger partial charge in [-0.1, -0.05) is 32.0 Å². The van der Waals surface area contributed by atoms with E-state index in [1.807, 2.05) is 18.2 Å². The molecule has 0 bridgehead atoms. The first-order valence-corrected chi connectivity index (χ1v) is 8.69. The van der Waals surface area contributed by atoms with Crippen molar-refractivity contribution < 1.29 is 9.53 Å². The van der Waals surface area contributed by atoms with Gasteiger partial charge in [-0.05, 0) is 35.6 Å². The molecule has 1 aliphatic rings. The lowest BCUT2D eigenvalue weighted by molar-refractivity contribution is -0.134. The van der Waals surface area contributed by atoms with Crippen LogP contribution in [0.4, 0.5) is 5.82 Å². The number of rotatable bonds is 5. The summed E-state index contributed by atoms with van der Waals surface area (Å²) in [5, 5.41) is 7.97. The number of nitrogens with two attached hydrogens (primary N) is 1. The van der Waals surface area contributed by atoms with Crippen molar-refractivity contribution >= 4 is 11.7 Å². The zero-order valence-corrected chi connectivity index (χ0v) is 14.7. The normalized spacial score (nSPS) is 14.7. The number of carbonyl (C=O) groups excluding carboxylic acids is 1. The second-order valence-electron chi connectivity index (χ2n) is 6.44. The van der Waals surface area contributed by atoms with E-state index in [0.717, 1.165) is 29.0 Å². The molecule has 0 spiro atoms. The predicted octanol–water partition coefficient (Wildman–Crippen LogP) is 2.54. The van der Waals surface area contributed by atoms with E-state index in [1.54, 1.807) is 11.0 Å². The third-order valence-electron chi connectivity index (χ3n) is 4.72. The van der Waals surface area contributed by atoms with Gasteiger partial charge >= 0.3 is 0 Å². The maximum Gasteiger partial charge on any atom is 0.260 e. The van der Waals surface area contributed by atoms with Gasteiger partial charge in [0.25, 0.3) is 5.91 Å². The van der Waals surface area contributed by atoms with Crippen LogP contribution in [0.15, 0.2) is 30.3 Å². The number of nitrogen functional groups attached to an aromatic ring is 1. The molecule has 3 rings (SSSR count). The number of para-hydroxylation sites is 1. The lowest BCUT2D eigenvalue weighted by atomic mass is 9.98. The molecular weight excluding hydrogens is 316 g/mol. The summed E-state index contributed by atoms with van der Waals surface area (Å²) in [5.74, 6) is 1.54. The van der Waals surface area contributed by atoms with E-state index in [9.17, 15) is 4.79 Å². The Hall–Kier alpha value is -2.63. The molecule has 1 amide bonds. The Labute approximate surface area is 148 Å². The third-order valence-corrected chi connectivity index (χ3v) is 4.72. The van der Waals surface area contributed by atoms with E-state index < -0.39 is 0 Å². The largest absolute Gasteiger partial charge is 0.483 e. The fraction of sp³-hybridized carbons (Fsp3) is 0.421. The van der Waals surface area contributed by atoms with E-state index in [0.29, 0.717) is 31.2 Å². The van der Waals surface area contributed by atoms with Crippen molar-refractivity contribution in [2.45, 2.75) is 39.2 Å².